The number of benzene rings is 2. The Hall–Kier alpha value is -3.15. The Balaban J connectivity index is 1.46. The monoisotopic (exact) mass is 586 g/mol. The zero-order valence-electron chi connectivity index (χ0n) is 23.8. The maximum absolute atomic E-state index is 13.5. The zero-order chi connectivity index (χ0) is 29.4. The van der Waals surface area contributed by atoms with Gasteiger partial charge in [-0.25, -0.2) is 8.42 Å². The highest BCUT2D eigenvalue weighted by Crippen LogP contribution is 2.29. The molecule has 0 bridgehead atoms. The average Bonchev–Trinajstić information content (AvgIpc) is 3.34. The van der Waals surface area contributed by atoms with Crippen molar-refractivity contribution in [2.24, 2.45) is 0 Å². The first-order chi connectivity index (χ1) is 19.7. The number of carbonyl (C=O) groups excluding carboxylic acids is 2. The minimum absolute atomic E-state index is 0.0567. The van der Waals surface area contributed by atoms with Crippen molar-refractivity contribution in [1.29, 1.82) is 0 Å². The molecule has 2 aromatic carbocycles. The highest BCUT2D eigenvalue weighted by Gasteiger charge is 2.30. The second-order valence-electron chi connectivity index (χ2n) is 11.0. The molecule has 1 saturated carbocycles. The van der Waals surface area contributed by atoms with Crippen LogP contribution in [-0.2, 0) is 21.2 Å². The second kappa shape index (κ2) is 14.2. The molecule has 3 atom stereocenters. The van der Waals surface area contributed by atoms with E-state index < -0.39 is 34.1 Å². The molecule has 2 fully saturated rings. The van der Waals surface area contributed by atoms with Crippen molar-refractivity contribution in [2.45, 2.75) is 76.1 Å². The summed E-state index contributed by atoms with van der Waals surface area (Å²) >= 11 is 0. The van der Waals surface area contributed by atoms with Gasteiger partial charge >= 0.3 is 0 Å². The van der Waals surface area contributed by atoms with Gasteiger partial charge in [0, 0.05) is 30.8 Å². The lowest BCUT2D eigenvalue weighted by molar-refractivity contribution is -0.123. The van der Waals surface area contributed by atoms with Gasteiger partial charge in [-0.15, -0.1) is 0 Å². The van der Waals surface area contributed by atoms with Crippen molar-refractivity contribution in [3.05, 3.63) is 59.7 Å². The van der Waals surface area contributed by atoms with E-state index in [1.54, 1.807) is 19.1 Å². The van der Waals surface area contributed by atoms with Gasteiger partial charge in [-0.1, -0.05) is 49.6 Å². The molecule has 4 rings (SSSR count). The van der Waals surface area contributed by atoms with Crippen LogP contribution < -0.4 is 25.0 Å². The third kappa shape index (κ3) is 8.43. The van der Waals surface area contributed by atoms with Crippen LogP contribution in [0.4, 0.5) is 5.69 Å². The summed E-state index contributed by atoms with van der Waals surface area (Å²) in [6.07, 6.45) is 5.28. The number of anilines is 1. The van der Waals surface area contributed by atoms with Gasteiger partial charge in [0.2, 0.25) is 15.9 Å². The number of hydrogen-bond donors (Lipinski definition) is 4. The van der Waals surface area contributed by atoms with Gasteiger partial charge in [0.1, 0.15) is 5.75 Å². The number of methoxy groups -OCH3 is 1. The van der Waals surface area contributed by atoms with Crippen LogP contribution in [0.3, 0.4) is 0 Å². The molecule has 2 aliphatic rings. The van der Waals surface area contributed by atoms with E-state index in [0.717, 1.165) is 31.2 Å². The number of nitrogens with one attached hydrogen (secondary N) is 3. The molecule has 41 heavy (non-hydrogen) atoms. The molecule has 2 amide bonds. The summed E-state index contributed by atoms with van der Waals surface area (Å²) in [6, 6.07) is 13.2. The number of aliphatic hydroxyl groups excluding tert-OH is 1. The van der Waals surface area contributed by atoms with Crippen LogP contribution in [0.5, 0.6) is 5.75 Å². The minimum atomic E-state index is -3.45. The molecule has 224 valence electrons. The molecule has 4 N–H and O–H groups in total. The van der Waals surface area contributed by atoms with Gasteiger partial charge in [-0.2, -0.15) is 0 Å². The lowest BCUT2D eigenvalue weighted by Crippen LogP contribution is -2.53. The lowest BCUT2D eigenvalue weighted by atomic mass is 9.95. The fourth-order valence-corrected chi connectivity index (χ4v) is 6.96. The average molecular weight is 587 g/mol. The van der Waals surface area contributed by atoms with Crippen LogP contribution in [-0.4, -0.2) is 75.5 Å². The summed E-state index contributed by atoms with van der Waals surface area (Å²) in [7, 11) is -2.00. The van der Waals surface area contributed by atoms with Crippen LogP contribution in [0.1, 0.15) is 61.4 Å². The number of amides is 2. The lowest BCUT2D eigenvalue weighted by Gasteiger charge is -2.28. The van der Waals surface area contributed by atoms with Gasteiger partial charge < -0.3 is 25.8 Å². The van der Waals surface area contributed by atoms with E-state index in [4.69, 9.17) is 4.74 Å². The highest BCUT2D eigenvalue weighted by molar-refractivity contribution is 7.93. The Kier molecular flexibility index (Phi) is 10.6. The Morgan fingerprint density at radius 1 is 1.07 bits per heavy atom. The van der Waals surface area contributed by atoms with E-state index in [2.05, 4.69) is 16.0 Å². The number of nitrogens with zero attached hydrogens (tertiary/aromatic N) is 1. The Labute approximate surface area is 242 Å². The van der Waals surface area contributed by atoms with Crippen molar-refractivity contribution in [3.8, 4) is 5.75 Å². The number of hydrogen-bond acceptors (Lipinski definition) is 7. The Morgan fingerprint density at radius 2 is 1.80 bits per heavy atom. The van der Waals surface area contributed by atoms with Gasteiger partial charge in [-0.05, 0) is 50.3 Å². The predicted molar refractivity (Wildman–Crippen MR) is 159 cm³/mol. The zero-order valence-corrected chi connectivity index (χ0v) is 24.7. The molecule has 3 unspecified atom stereocenters. The number of sulfonamides is 1. The van der Waals surface area contributed by atoms with Crippen molar-refractivity contribution in [3.63, 3.8) is 0 Å². The maximum Gasteiger partial charge on any atom is 0.251 e. The van der Waals surface area contributed by atoms with Crippen LogP contribution in [0.15, 0.2) is 48.5 Å². The van der Waals surface area contributed by atoms with Crippen molar-refractivity contribution >= 4 is 27.5 Å². The van der Waals surface area contributed by atoms with Gasteiger partial charge in [0.15, 0.2) is 0 Å². The Morgan fingerprint density at radius 3 is 2.46 bits per heavy atom. The molecule has 1 aliphatic heterocycles. The molecular weight excluding hydrogens is 544 g/mol. The highest BCUT2D eigenvalue weighted by atomic mass is 32.2. The van der Waals surface area contributed by atoms with E-state index in [1.165, 1.54) is 23.9 Å². The first kappa shape index (κ1) is 30.8. The topological polar surface area (TPSA) is 137 Å². The van der Waals surface area contributed by atoms with Crippen LogP contribution in [0.2, 0.25) is 0 Å². The molecule has 10 nitrogen and oxygen atoms in total. The third-order valence-corrected chi connectivity index (χ3v) is 9.70. The molecule has 1 saturated heterocycles. The largest absolute Gasteiger partial charge is 0.497 e. The summed E-state index contributed by atoms with van der Waals surface area (Å²) in [5.41, 5.74) is 1.51. The fraction of sp³-hybridized carbons (Fsp3) is 0.533. The third-order valence-electron chi connectivity index (χ3n) is 7.83. The van der Waals surface area contributed by atoms with Crippen LogP contribution in [0.25, 0.3) is 0 Å². The molecule has 1 aliphatic carbocycles. The van der Waals surface area contributed by atoms with E-state index in [-0.39, 0.29) is 29.8 Å². The quantitative estimate of drug-likeness (QED) is 0.300. The fourth-order valence-electron chi connectivity index (χ4n) is 5.41. The summed E-state index contributed by atoms with van der Waals surface area (Å²) in [5.74, 6) is -0.158. The minimum Gasteiger partial charge on any atom is -0.497 e. The summed E-state index contributed by atoms with van der Waals surface area (Å²) in [6.45, 7) is 2.19. The molecule has 11 heteroatoms. The number of aliphatic hydroxyl groups is 1. The Bertz CT molecular complexity index is 1280. The van der Waals surface area contributed by atoms with E-state index in [0.29, 0.717) is 30.8 Å². The molecular formula is C30H42N4O6S. The smallest absolute Gasteiger partial charge is 0.251 e. The summed E-state index contributed by atoms with van der Waals surface area (Å²) in [4.78, 5) is 26.2. The van der Waals surface area contributed by atoms with Gasteiger partial charge in [0.05, 0.1) is 36.7 Å². The standard InChI is InChI=1S/C30H42N4O6S/c1-21(29(36)32-24-12-7-4-8-13-24)31-20-28(35)27(16-22-10-5-3-6-11-22)33-30(37)23-17-25(19-26(18-23)40-2)34-14-9-15-41(34,38)39/h3,5-6,10-11,17-19,21,24,27-28,31,35H,4,7-9,12-16,20H2,1-2H3,(H,32,36)(H,33,37). The van der Waals surface area contributed by atoms with Gasteiger partial charge in [0.25, 0.3) is 5.91 Å². The first-order valence-corrected chi connectivity index (χ1v) is 16.0. The molecule has 0 aromatic heterocycles. The van der Waals surface area contributed by atoms with Crippen molar-refractivity contribution < 1.29 is 27.9 Å². The molecule has 2 aromatic rings. The first-order valence-electron chi connectivity index (χ1n) is 14.4. The molecule has 0 spiro atoms. The normalized spacial score (nSPS) is 19.2. The predicted octanol–water partition coefficient (Wildman–Crippen LogP) is 2.36. The number of ether oxygens (including phenoxy) is 1. The molecule has 1 heterocycles. The maximum atomic E-state index is 13.5. The van der Waals surface area contributed by atoms with E-state index >= 15 is 0 Å². The SMILES string of the molecule is COc1cc(C(=O)NC(Cc2ccccc2)C(O)CNC(C)C(=O)NC2CCCCC2)cc(N2CCCS2(=O)=O)c1. The molecule has 0 radical (unpaired) electrons. The van der Waals surface area contributed by atoms with Crippen LogP contribution >= 0.6 is 0 Å². The number of carbonyl (C=O) groups is 2. The summed E-state index contributed by atoms with van der Waals surface area (Å²) in [5, 5.41) is 20.3. The van der Waals surface area contributed by atoms with Crippen molar-refractivity contribution in [1.82, 2.24) is 16.0 Å². The van der Waals surface area contributed by atoms with Crippen molar-refractivity contribution in [2.75, 3.05) is 30.3 Å². The second-order valence-corrected chi connectivity index (χ2v) is 13.0. The number of rotatable bonds is 12. The summed E-state index contributed by atoms with van der Waals surface area (Å²) < 4.78 is 31.7. The van der Waals surface area contributed by atoms with E-state index in [9.17, 15) is 23.1 Å². The van der Waals surface area contributed by atoms with Crippen LogP contribution in [0, 0.1) is 0 Å². The van der Waals surface area contributed by atoms with Gasteiger partial charge in [-0.3, -0.25) is 13.9 Å². The van der Waals surface area contributed by atoms with E-state index in [1.807, 2.05) is 30.3 Å².